The molecule has 1 rings (SSSR count). The van der Waals surface area contributed by atoms with Gasteiger partial charge in [0.15, 0.2) is 0 Å². The highest BCUT2D eigenvalue weighted by Gasteiger charge is 2.04. The largest absolute Gasteiger partial charge is 0.494 e. The molecule has 0 fully saturated rings. The lowest BCUT2D eigenvalue weighted by Crippen LogP contribution is -2.09. The maximum atomic E-state index is 5.55. The Hall–Kier alpha value is -1.22. The minimum Gasteiger partial charge on any atom is -0.494 e. The third kappa shape index (κ3) is 3.42. The van der Waals surface area contributed by atoms with Gasteiger partial charge >= 0.3 is 0 Å². The van der Waals surface area contributed by atoms with E-state index >= 15 is 0 Å². The fraction of sp³-hybridized carbons (Fsp3) is 0.538. The summed E-state index contributed by atoms with van der Waals surface area (Å²) in [6, 6.07) is 4.22. The lowest BCUT2D eigenvalue weighted by Gasteiger charge is -2.13. The third-order valence-corrected chi connectivity index (χ3v) is 2.52. The van der Waals surface area contributed by atoms with E-state index < -0.39 is 0 Å². The van der Waals surface area contributed by atoms with Crippen molar-refractivity contribution in [3.8, 4) is 5.75 Å². The number of benzene rings is 1. The van der Waals surface area contributed by atoms with E-state index in [0.29, 0.717) is 6.61 Å². The number of nitrogens with two attached hydrogens (primary N) is 1. The van der Waals surface area contributed by atoms with E-state index in [2.05, 4.69) is 31.3 Å². The minimum absolute atomic E-state index is 0.709. The maximum absolute atomic E-state index is 5.55. The molecule has 0 atom stereocenters. The van der Waals surface area contributed by atoms with Crippen LogP contribution < -0.4 is 15.8 Å². The number of anilines is 1. The van der Waals surface area contributed by atoms with Crippen molar-refractivity contribution in [3.63, 3.8) is 0 Å². The van der Waals surface area contributed by atoms with Gasteiger partial charge in [0.1, 0.15) is 5.75 Å². The van der Waals surface area contributed by atoms with E-state index in [9.17, 15) is 0 Å². The van der Waals surface area contributed by atoms with Gasteiger partial charge in [0.25, 0.3) is 0 Å². The van der Waals surface area contributed by atoms with Gasteiger partial charge < -0.3 is 15.8 Å². The summed E-state index contributed by atoms with van der Waals surface area (Å²) in [7, 11) is 0. The van der Waals surface area contributed by atoms with E-state index in [1.54, 1.807) is 0 Å². The van der Waals surface area contributed by atoms with Crippen LogP contribution in [0, 0.1) is 13.8 Å². The first-order valence-corrected chi connectivity index (χ1v) is 5.87. The molecule has 1 aromatic carbocycles. The van der Waals surface area contributed by atoms with Crippen molar-refractivity contribution in [2.45, 2.75) is 27.2 Å². The normalized spacial score (nSPS) is 10.2. The zero-order valence-corrected chi connectivity index (χ0v) is 10.5. The molecular formula is C13H22N2O. The van der Waals surface area contributed by atoms with Gasteiger partial charge in [0, 0.05) is 12.2 Å². The van der Waals surface area contributed by atoms with Gasteiger partial charge in [-0.15, -0.1) is 0 Å². The van der Waals surface area contributed by atoms with Gasteiger partial charge in [-0.2, -0.15) is 0 Å². The van der Waals surface area contributed by atoms with Gasteiger partial charge in [-0.25, -0.2) is 0 Å². The molecule has 3 nitrogen and oxygen atoms in total. The van der Waals surface area contributed by atoms with Gasteiger partial charge in [-0.05, 0) is 57.0 Å². The summed E-state index contributed by atoms with van der Waals surface area (Å²) in [6.07, 6.45) is 0.992. The lowest BCUT2D eigenvalue weighted by atomic mass is 10.1. The number of aryl methyl sites for hydroxylation is 2. The van der Waals surface area contributed by atoms with Gasteiger partial charge in [0.05, 0.1) is 6.61 Å². The summed E-state index contributed by atoms with van der Waals surface area (Å²) in [5.41, 5.74) is 9.02. The molecule has 1 aromatic rings. The molecule has 90 valence electrons. The maximum Gasteiger partial charge on any atom is 0.122 e. The summed E-state index contributed by atoms with van der Waals surface area (Å²) < 4.78 is 5.55. The van der Waals surface area contributed by atoms with Crippen LogP contribution in [-0.4, -0.2) is 19.7 Å². The first-order valence-electron chi connectivity index (χ1n) is 5.87. The van der Waals surface area contributed by atoms with Gasteiger partial charge in [-0.3, -0.25) is 0 Å². The van der Waals surface area contributed by atoms with Crippen molar-refractivity contribution in [1.82, 2.24) is 0 Å². The molecule has 0 heterocycles. The van der Waals surface area contributed by atoms with Crippen LogP contribution in [0.15, 0.2) is 12.1 Å². The molecule has 0 amide bonds. The van der Waals surface area contributed by atoms with Crippen molar-refractivity contribution >= 4 is 5.69 Å². The summed E-state index contributed by atoms with van der Waals surface area (Å²) in [5, 5.41) is 3.39. The van der Waals surface area contributed by atoms with Crippen molar-refractivity contribution in [2.24, 2.45) is 5.73 Å². The average molecular weight is 222 g/mol. The second kappa shape index (κ2) is 6.38. The molecule has 3 N–H and O–H groups in total. The van der Waals surface area contributed by atoms with Crippen LogP contribution in [0.3, 0.4) is 0 Å². The Kier molecular flexibility index (Phi) is 5.12. The number of hydrogen-bond donors (Lipinski definition) is 2. The molecule has 0 aromatic heterocycles. The van der Waals surface area contributed by atoms with Crippen LogP contribution in [0.25, 0.3) is 0 Å². The predicted octanol–water partition coefficient (Wildman–Crippen LogP) is 2.46. The van der Waals surface area contributed by atoms with Crippen LogP contribution in [0.1, 0.15) is 24.5 Å². The number of ether oxygens (including phenoxy) is 1. The van der Waals surface area contributed by atoms with Gasteiger partial charge in [0.2, 0.25) is 0 Å². The Morgan fingerprint density at radius 1 is 1.25 bits per heavy atom. The topological polar surface area (TPSA) is 47.3 Å². The molecule has 0 radical (unpaired) electrons. The van der Waals surface area contributed by atoms with Crippen LogP contribution >= 0.6 is 0 Å². The molecular weight excluding hydrogens is 200 g/mol. The van der Waals surface area contributed by atoms with E-state index in [1.165, 1.54) is 16.8 Å². The van der Waals surface area contributed by atoms with Crippen LogP contribution in [0.5, 0.6) is 5.75 Å². The first kappa shape index (κ1) is 12.8. The fourth-order valence-corrected chi connectivity index (χ4v) is 1.62. The first-order chi connectivity index (χ1) is 7.69. The van der Waals surface area contributed by atoms with Crippen LogP contribution in [-0.2, 0) is 0 Å². The Morgan fingerprint density at radius 3 is 2.62 bits per heavy atom. The monoisotopic (exact) mass is 222 g/mol. The quantitative estimate of drug-likeness (QED) is 0.727. The molecule has 0 aliphatic heterocycles. The molecule has 0 saturated carbocycles. The Balaban J connectivity index is 2.75. The van der Waals surface area contributed by atoms with Crippen molar-refractivity contribution in [1.29, 1.82) is 0 Å². The van der Waals surface area contributed by atoms with Crippen molar-refractivity contribution in [2.75, 3.05) is 25.0 Å². The zero-order valence-electron chi connectivity index (χ0n) is 10.5. The standard InChI is InChI=1S/C13H22N2O/c1-4-16-13-9-10(2)12(8-11(13)3)15-7-5-6-14/h8-9,15H,4-7,14H2,1-3H3. The lowest BCUT2D eigenvalue weighted by molar-refractivity contribution is 0.337. The fourth-order valence-electron chi connectivity index (χ4n) is 1.62. The average Bonchev–Trinajstić information content (AvgIpc) is 2.25. The number of rotatable bonds is 6. The summed E-state index contributed by atoms with van der Waals surface area (Å²) in [4.78, 5) is 0. The summed E-state index contributed by atoms with van der Waals surface area (Å²) in [6.45, 7) is 8.51. The SMILES string of the molecule is CCOc1cc(C)c(NCCCN)cc1C. The molecule has 0 bridgehead atoms. The highest BCUT2D eigenvalue weighted by Crippen LogP contribution is 2.26. The van der Waals surface area contributed by atoms with E-state index in [4.69, 9.17) is 10.5 Å². The van der Waals surface area contributed by atoms with E-state index in [-0.39, 0.29) is 0 Å². The number of hydrogen-bond acceptors (Lipinski definition) is 3. The molecule has 0 spiro atoms. The van der Waals surface area contributed by atoms with Crippen LogP contribution in [0.2, 0.25) is 0 Å². The Bertz CT molecular complexity index is 337. The molecule has 0 aliphatic carbocycles. The highest BCUT2D eigenvalue weighted by molar-refractivity contribution is 5.56. The van der Waals surface area contributed by atoms with E-state index in [1.807, 2.05) is 6.92 Å². The second-order valence-electron chi connectivity index (χ2n) is 3.93. The molecule has 0 aliphatic rings. The van der Waals surface area contributed by atoms with Crippen molar-refractivity contribution < 1.29 is 4.74 Å². The van der Waals surface area contributed by atoms with Crippen molar-refractivity contribution in [3.05, 3.63) is 23.3 Å². The molecule has 0 saturated heterocycles. The van der Waals surface area contributed by atoms with E-state index in [0.717, 1.165) is 25.3 Å². The van der Waals surface area contributed by atoms with Gasteiger partial charge in [-0.1, -0.05) is 0 Å². The van der Waals surface area contributed by atoms with Crippen LogP contribution in [0.4, 0.5) is 5.69 Å². The Labute approximate surface area is 98.0 Å². The summed E-state index contributed by atoms with van der Waals surface area (Å²) in [5.74, 6) is 0.976. The third-order valence-electron chi connectivity index (χ3n) is 2.52. The smallest absolute Gasteiger partial charge is 0.122 e. The number of nitrogens with one attached hydrogen (secondary N) is 1. The molecule has 3 heteroatoms. The molecule has 0 unspecified atom stereocenters. The zero-order chi connectivity index (χ0) is 12.0. The molecule has 16 heavy (non-hydrogen) atoms. The highest BCUT2D eigenvalue weighted by atomic mass is 16.5. The summed E-state index contributed by atoms with van der Waals surface area (Å²) >= 11 is 0. The Morgan fingerprint density at radius 2 is 2.00 bits per heavy atom. The minimum atomic E-state index is 0.709. The second-order valence-corrected chi connectivity index (χ2v) is 3.93. The predicted molar refractivity (Wildman–Crippen MR) is 69.2 cm³/mol.